The van der Waals surface area contributed by atoms with Crippen LogP contribution < -0.4 is 16.3 Å². The lowest BCUT2D eigenvalue weighted by Gasteiger charge is -2.31. The quantitative estimate of drug-likeness (QED) is 0.522. The first-order valence-electron chi connectivity index (χ1n) is 13.6. The standard InChI is InChI=1S/C28H38N6O2/c1-33-15-8-20(9-16-33)10-17-34-24-5-3-2-4-22(24)25(32-27(34)36)31-23(26(35)30-14-13-29)19-28-11-6-21(18-28)7-12-28/h2-5,20-21,23H,6-12,14-19H2,1H3,(H,30,35)(H,31,32,36)/t21?,23-,28?/m0/s1. The lowest BCUT2D eigenvalue weighted by molar-refractivity contribution is -0.122. The maximum Gasteiger partial charge on any atom is 0.350 e. The van der Waals surface area contributed by atoms with Gasteiger partial charge in [0.05, 0.1) is 11.6 Å². The van der Waals surface area contributed by atoms with Gasteiger partial charge in [0.2, 0.25) is 5.91 Å². The predicted molar refractivity (Wildman–Crippen MR) is 140 cm³/mol. The van der Waals surface area contributed by atoms with E-state index in [9.17, 15) is 9.59 Å². The van der Waals surface area contributed by atoms with E-state index in [0.29, 0.717) is 24.7 Å². The van der Waals surface area contributed by atoms with Gasteiger partial charge in [-0.05, 0) is 107 Å². The van der Waals surface area contributed by atoms with Gasteiger partial charge in [0.15, 0.2) is 0 Å². The van der Waals surface area contributed by atoms with E-state index in [4.69, 9.17) is 5.26 Å². The second kappa shape index (κ2) is 10.6. The Labute approximate surface area is 213 Å². The molecule has 192 valence electrons. The molecule has 0 unspecified atom stereocenters. The minimum Gasteiger partial charge on any atom is -0.358 e. The van der Waals surface area contributed by atoms with Crippen LogP contribution in [0.5, 0.6) is 0 Å². The summed E-state index contributed by atoms with van der Waals surface area (Å²) in [7, 11) is 2.16. The van der Waals surface area contributed by atoms with E-state index >= 15 is 0 Å². The molecule has 2 N–H and O–H groups in total. The molecule has 2 aromatic rings. The summed E-state index contributed by atoms with van der Waals surface area (Å²) in [6.45, 7) is 2.84. The number of hydrogen-bond donors (Lipinski definition) is 2. The second-order valence-electron chi connectivity index (χ2n) is 11.4. The van der Waals surface area contributed by atoms with Gasteiger partial charge >= 0.3 is 5.69 Å². The van der Waals surface area contributed by atoms with Crippen molar-refractivity contribution < 1.29 is 4.79 Å². The molecule has 1 aromatic heterocycles. The number of likely N-dealkylation sites (tertiary alicyclic amines) is 1. The molecule has 2 aliphatic carbocycles. The minimum absolute atomic E-state index is 0.0284. The molecule has 2 heterocycles. The van der Waals surface area contributed by atoms with E-state index in [-0.39, 0.29) is 23.6 Å². The largest absolute Gasteiger partial charge is 0.358 e. The average molecular weight is 491 g/mol. The molecule has 1 aromatic carbocycles. The molecule has 36 heavy (non-hydrogen) atoms. The van der Waals surface area contributed by atoms with Crippen LogP contribution in [0.3, 0.4) is 0 Å². The number of hydrogen-bond acceptors (Lipinski definition) is 6. The first-order chi connectivity index (χ1) is 17.5. The topological polar surface area (TPSA) is 103 Å². The van der Waals surface area contributed by atoms with Crippen molar-refractivity contribution in [2.24, 2.45) is 17.3 Å². The fourth-order valence-electron chi connectivity index (χ4n) is 6.87. The first-order valence-corrected chi connectivity index (χ1v) is 13.6. The third-order valence-corrected chi connectivity index (χ3v) is 8.98. The van der Waals surface area contributed by atoms with E-state index in [1.807, 2.05) is 30.3 Å². The van der Waals surface area contributed by atoms with E-state index in [1.54, 1.807) is 4.57 Å². The number of nitrogens with zero attached hydrogens (tertiary/aromatic N) is 4. The number of fused-ring (bicyclic) bond motifs is 3. The number of anilines is 1. The molecule has 0 spiro atoms. The van der Waals surface area contributed by atoms with Crippen molar-refractivity contribution in [1.29, 1.82) is 5.26 Å². The van der Waals surface area contributed by atoms with E-state index in [1.165, 1.54) is 32.1 Å². The van der Waals surface area contributed by atoms with Gasteiger partial charge < -0.3 is 15.5 Å². The van der Waals surface area contributed by atoms with Crippen LogP contribution in [0, 0.1) is 28.6 Å². The Morgan fingerprint density at radius 1 is 1.22 bits per heavy atom. The monoisotopic (exact) mass is 490 g/mol. The van der Waals surface area contributed by atoms with Crippen molar-refractivity contribution >= 4 is 22.6 Å². The summed E-state index contributed by atoms with van der Waals surface area (Å²) >= 11 is 0. The molecule has 8 nitrogen and oxygen atoms in total. The number of aryl methyl sites for hydroxylation is 1. The van der Waals surface area contributed by atoms with Crippen molar-refractivity contribution in [3.63, 3.8) is 0 Å². The highest BCUT2D eigenvalue weighted by atomic mass is 16.2. The van der Waals surface area contributed by atoms with Crippen LogP contribution in [0.15, 0.2) is 29.1 Å². The Bertz CT molecular complexity index is 1180. The summed E-state index contributed by atoms with van der Waals surface area (Å²) in [4.78, 5) is 33.2. The predicted octanol–water partition coefficient (Wildman–Crippen LogP) is 3.52. The lowest BCUT2D eigenvalue weighted by atomic mass is 9.78. The Morgan fingerprint density at radius 3 is 2.67 bits per heavy atom. The second-order valence-corrected chi connectivity index (χ2v) is 11.4. The molecule has 1 atom stereocenters. The maximum absolute atomic E-state index is 13.2. The summed E-state index contributed by atoms with van der Waals surface area (Å²) in [5.41, 5.74) is 0.745. The minimum atomic E-state index is -0.527. The number of benzene rings is 1. The van der Waals surface area contributed by atoms with Crippen LogP contribution in [0.1, 0.15) is 57.8 Å². The van der Waals surface area contributed by atoms with Gasteiger partial charge in [0.25, 0.3) is 0 Å². The van der Waals surface area contributed by atoms with E-state index < -0.39 is 6.04 Å². The van der Waals surface area contributed by atoms with Crippen molar-refractivity contribution in [1.82, 2.24) is 19.8 Å². The number of aromatic nitrogens is 2. The number of nitriles is 1. The number of para-hydroxylation sites is 1. The molecule has 3 fully saturated rings. The molecule has 1 aliphatic heterocycles. The molecule has 8 heteroatoms. The van der Waals surface area contributed by atoms with Gasteiger partial charge in [0.1, 0.15) is 18.4 Å². The number of amides is 1. The Morgan fingerprint density at radius 2 is 1.97 bits per heavy atom. The molecule has 5 rings (SSSR count). The van der Waals surface area contributed by atoms with Gasteiger partial charge in [-0.2, -0.15) is 10.2 Å². The zero-order chi connectivity index (χ0) is 25.1. The number of carbonyl (C=O) groups is 1. The molecule has 2 saturated carbocycles. The van der Waals surface area contributed by atoms with Crippen LogP contribution in [0.4, 0.5) is 5.82 Å². The molecular weight excluding hydrogens is 452 g/mol. The average Bonchev–Trinajstić information content (AvgIpc) is 3.48. The summed E-state index contributed by atoms with van der Waals surface area (Å²) in [6.07, 6.45) is 9.94. The first kappa shape index (κ1) is 24.8. The van der Waals surface area contributed by atoms with Gasteiger partial charge in [-0.25, -0.2) is 4.79 Å². The van der Waals surface area contributed by atoms with Crippen molar-refractivity contribution in [2.75, 3.05) is 32.0 Å². The number of nitrogens with one attached hydrogen (secondary N) is 2. The van der Waals surface area contributed by atoms with Crippen molar-refractivity contribution in [2.45, 2.75) is 70.4 Å². The number of rotatable bonds is 9. The lowest BCUT2D eigenvalue weighted by Crippen LogP contribution is -2.43. The summed E-state index contributed by atoms with van der Waals surface area (Å²) < 4.78 is 1.79. The molecule has 3 aliphatic rings. The number of piperidine rings is 1. The summed E-state index contributed by atoms with van der Waals surface area (Å²) in [5, 5.41) is 16.0. The van der Waals surface area contributed by atoms with E-state index in [0.717, 1.165) is 49.2 Å². The molecule has 2 bridgehead atoms. The molecule has 0 radical (unpaired) electrons. The van der Waals surface area contributed by atoms with Crippen LogP contribution >= 0.6 is 0 Å². The third kappa shape index (κ3) is 5.27. The van der Waals surface area contributed by atoms with Crippen LogP contribution in [0.25, 0.3) is 10.9 Å². The summed E-state index contributed by atoms with van der Waals surface area (Å²) in [5.74, 6) is 1.67. The highest BCUT2D eigenvalue weighted by molar-refractivity contribution is 5.92. The number of carbonyl (C=O) groups excluding carboxylic acids is 1. The Hall–Kier alpha value is -2.92. The van der Waals surface area contributed by atoms with Crippen LogP contribution in [-0.2, 0) is 11.3 Å². The highest BCUT2D eigenvalue weighted by Crippen LogP contribution is 2.56. The van der Waals surface area contributed by atoms with Gasteiger partial charge in [-0.15, -0.1) is 0 Å². The highest BCUT2D eigenvalue weighted by Gasteiger charge is 2.46. The van der Waals surface area contributed by atoms with Gasteiger partial charge in [-0.1, -0.05) is 12.1 Å². The SMILES string of the molecule is CN1CCC(CCn2c(=O)nc(N[C@@H](CC34CCC(CC3)C4)C(=O)NCC#N)c3ccccc32)CC1. The third-order valence-electron chi connectivity index (χ3n) is 8.98. The summed E-state index contributed by atoms with van der Waals surface area (Å²) in [6, 6.07) is 9.31. The van der Waals surface area contributed by atoms with Crippen molar-refractivity contribution in [3.05, 3.63) is 34.7 Å². The van der Waals surface area contributed by atoms with Crippen molar-refractivity contribution in [3.8, 4) is 6.07 Å². The fourth-order valence-corrected chi connectivity index (χ4v) is 6.87. The zero-order valence-corrected chi connectivity index (χ0v) is 21.3. The normalized spacial score (nSPS) is 25.1. The zero-order valence-electron chi connectivity index (χ0n) is 21.3. The Balaban J connectivity index is 1.39. The molecule has 1 amide bonds. The molecular formula is C28H38N6O2. The Kier molecular flexibility index (Phi) is 7.29. The van der Waals surface area contributed by atoms with Gasteiger partial charge in [0, 0.05) is 11.9 Å². The smallest absolute Gasteiger partial charge is 0.350 e. The van der Waals surface area contributed by atoms with Crippen LogP contribution in [0.2, 0.25) is 0 Å². The molecule has 1 saturated heterocycles. The van der Waals surface area contributed by atoms with Gasteiger partial charge in [-0.3, -0.25) is 9.36 Å². The van der Waals surface area contributed by atoms with Crippen LogP contribution in [-0.4, -0.2) is 53.1 Å². The maximum atomic E-state index is 13.2. The van der Waals surface area contributed by atoms with E-state index in [2.05, 4.69) is 27.6 Å². The fraction of sp³-hybridized carbons (Fsp3) is 0.643.